The Morgan fingerprint density at radius 1 is 1.20 bits per heavy atom. The number of hydrogen-bond acceptors (Lipinski definition) is 3. The van der Waals surface area contributed by atoms with Gasteiger partial charge in [0.25, 0.3) is 0 Å². The van der Waals surface area contributed by atoms with Crippen LogP contribution in [0.15, 0.2) is 67.0 Å². The van der Waals surface area contributed by atoms with Crippen molar-refractivity contribution in [2.24, 2.45) is 0 Å². The van der Waals surface area contributed by atoms with E-state index in [0.29, 0.717) is 0 Å². The minimum atomic E-state index is -0.0512. The van der Waals surface area contributed by atoms with Crippen LogP contribution < -0.4 is 10.1 Å². The quantitative estimate of drug-likeness (QED) is 0.361. The van der Waals surface area contributed by atoms with Gasteiger partial charge in [0.1, 0.15) is 5.75 Å². The average Bonchev–Trinajstić information content (AvgIpc) is 2.77. The van der Waals surface area contributed by atoms with E-state index in [4.69, 9.17) is 4.74 Å². The predicted molar refractivity (Wildman–Crippen MR) is 124 cm³/mol. The number of rotatable bonds is 12. The van der Waals surface area contributed by atoms with E-state index in [0.717, 1.165) is 49.8 Å². The van der Waals surface area contributed by atoms with Crippen LogP contribution in [-0.2, 0) is 11.2 Å². The molecule has 0 fully saturated rings. The average molecular weight is 407 g/mol. The van der Waals surface area contributed by atoms with E-state index in [1.165, 1.54) is 11.1 Å². The normalized spacial score (nSPS) is 12.7. The smallest absolute Gasteiger partial charge is 0.244 e. The van der Waals surface area contributed by atoms with Gasteiger partial charge in [-0.15, -0.1) is 0 Å². The summed E-state index contributed by atoms with van der Waals surface area (Å²) in [6.45, 7) is 4.24. The van der Waals surface area contributed by atoms with Crippen molar-refractivity contribution in [3.05, 3.63) is 78.1 Å². The zero-order valence-electron chi connectivity index (χ0n) is 18.4. The number of nitrogens with one attached hydrogen (secondary N) is 1. The lowest BCUT2D eigenvalue weighted by Gasteiger charge is -2.12. The number of nitrogens with zero attached hydrogens (tertiary/aromatic N) is 1. The lowest BCUT2D eigenvalue weighted by Crippen LogP contribution is -2.31. The van der Waals surface area contributed by atoms with Crippen LogP contribution in [0.25, 0.3) is 5.57 Å². The molecule has 2 rings (SSSR count). The van der Waals surface area contributed by atoms with E-state index in [9.17, 15) is 4.79 Å². The van der Waals surface area contributed by atoms with Crippen molar-refractivity contribution in [3.63, 3.8) is 0 Å². The van der Waals surface area contributed by atoms with E-state index in [1.54, 1.807) is 19.4 Å². The molecular formula is C26H34N2O2. The highest BCUT2D eigenvalue weighted by Gasteiger charge is 2.05. The van der Waals surface area contributed by atoms with Crippen molar-refractivity contribution in [2.75, 3.05) is 7.11 Å². The van der Waals surface area contributed by atoms with Gasteiger partial charge >= 0.3 is 0 Å². The first-order valence-electron chi connectivity index (χ1n) is 10.8. The van der Waals surface area contributed by atoms with E-state index >= 15 is 0 Å². The third-order valence-corrected chi connectivity index (χ3v) is 5.02. The number of benzene rings is 1. The molecule has 4 heteroatoms. The Labute approximate surface area is 181 Å². The Morgan fingerprint density at radius 3 is 2.67 bits per heavy atom. The van der Waals surface area contributed by atoms with Gasteiger partial charge in [-0.3, -0.25) is 9.78 Å². The second-order valence-electron chi connectivity index (χ2n) is 7.55. The van der Waals surface area contributed by atoms with Gasteiger partial charge in [0.05, 0.1) is 7.11 Å². The molecule has 160 valence electrons. The first-order valence-corrected chi connectivity index (χ1v) is 10.8. The summed E-state index contributed by atoms with van der Waals surface area (Å²) in [5.41, 5.74) is 3.63. The summed E-state index contributed by atoms with van der Waals surface area (Å²) in [6.07, 6.45) is 15.4. The number of aryl methyl sites for hydroxylation is 1. The van der Waals surface area contributed by atoms with Crippen molar-refractivity contribution >= 4 is 11.5 Å². The molecule has 4 nitrogen and oxygen atoms in total. The topological polar surface area (TPSA) is 51.2 Å². The summed E-state index contributed by atoms with van der Waals surface area (Å²) in [6, 6.07) is 12.3. The second-order valence-corrected chi connectivity index (χ2v) is 7.55. The molecule has 2 aromatic rings. The summed E-state index contributed by atoms with van der Waals surface area (Å²) in [5.74, 6) is 0.797. The minimum Gasteiger partial charge on any atom is -0.497 e. The number of aromatic nitrogens is 1. The highest BCUT2D eigenvalue weighted by atomic mass is 16.5. The summed E-state index contributed by atoms with van der Waals surface area (Å²) in [7, 11) is 1.67. The number of amides is 1. The van der Waals surface area contributed by atoms with Gasteiger partial charge in [-0.2, -0.15) is 0 Å². The van der Waals surface area contributed by atoms with Crippen LogP contribution in [0.3, 0.4) is 0 Å². The maximum absolute atomic E-state index is 12.2. The fourth-order valence-corrected chi connectivity index (χ4v) is 3.27. The van der Waals surface area contributed by atoms with Crippen LogP contribution in [0.5, 0.6) is 5.75 Å². The van der Waals surface area contributed by atoms with E-state index < -0.39 is 0 Å². The molecule has 0 aliphatic rings. The Bertz CT molecular complexity index is 811. The van der Waals surface area contributed by atoms with E-state index in [-0.39, 0.29) is 11.9 Å². The molecule has 0 aliphatic heterocycles. The molecule has 1 aromatic heterocycles. The Hall–Kier alpha value is -2.88. The number of methoxy groups -OCH3 is 1. The molecule has 1 atom stereocenters. The Kier molecular flexibility index (Phi) is 10.4. The van der Waals surface area contributed by atoms with Crippen molar-refractivity contribution in [2.45, 2.75) is 58.4 Å². The molecule has 0 unspecified atom stereocenters. The third kappa shape index (κ3) is 8.64. The van der Waals surface area contributed by atoms with E-state index in [2.05, 4.69) is 42.3 Å². The Balaban J connectivity index is 1.85. The lowest BCUT2D eigenvalue weighted by atomic mass is 9.99. The van der Waals surface area contributed by atoms with Gasteiger partial charge in [-0.1, -0.05) is 43.7 Å². The minimum absolute atomic E-state index is 0.0512. The molecule has 1 amide bonds. The number of unbranched alkanes of at least 4 members (excludes halogenated alkanes) is 1. The van der Waals surface area contributed by atoms with Crippen molar-refractivity contribution in [1.82, 2.24) is 10.3 Å². The number of hydrogen-bond donors (Lipinski definition) is 1. The molecule has 1 N–H and O–H groups in total. The molecule has 0 saturated carbocycles. The first-order chi connectivity index (χ1) is 14.6. The van der Waals surface area contributed by atoms with Gasteiger partial charge in [-0.05, 0) is 73.9 Å². The highest BCUT2D eigenvalue weighted by Crippen LogP contribution is 2.23. The molecule has 0 saturated heterocycles. The summed E-state index contributed by atoms with van der Waals surface area (Å²) >= 11 is 0. The largest absolute Gasteiger partial charge is 0.497 e. The SMILES string of the molecule is CCCC/C(=C\C=C\C(=O)N[C@H](C)CCCc1cccnc1)c1ccc(OC)cc1. The molecule has 30 heavy (non-hydrogen) atoms. The molecule has 0 radical (unpaired) electrons. The molecule has 0 spiro atoms. The molecular weight excluding hydrogens is 372 g/mol. The number of carbonyl (C=O) groups is 1. The van der Waals surface area contributed by atoms with Gasteiger partial charge in [0.15, 0.2) is 0 Å². The van der Waals surface area contributed by atoms with Crippen LogP contribution >= 0.6 is 0 Å². The number of allylic oxidation sites excluding steroid dienone is 3. The lowest BCUT2D eigenvalue weighted by molar-refractivity contribution is -0.117. The summed E-state index contributed by atoms with van der Waals surface area (Å²) < 4.78 is 5.24. The van der Waals surface area contributed by atoms with Crippen molar-refractivity contribution in [3.8, 4) is 5.75 Å². The monoisotopic (exact) mass is 406 g/mol. The van der Waals surface area contributed by atoms with Gasteiger partial charge in [0, 0.05) is 24.5 Å². The van der Waals surface area contributed by atoms with Crippen LogP contribution in [0.2, 0.25) is 0 Å². The van der Waals surface area contributed by atoms with Gasteiger partial charge in [0.2, 0.25) is 5.91 Å². The zero-order chi connectivity index (χ0) is 21.6. The number of carbonyl (C=O) groups excluding carboxylic acids is 1. The third-order valence-electron chi connectivity index (χ3n) is 5.02. The number of ether oxygens (including phenoxy) is 1. The van der Waals surface area contributed by atoms with Gasteiger partial charge < -0.3 is 10.1 Å². The molecule has 1 heterocycles. The zero-order valence-corrected chi connectivity index (χ0v) is 18.4. The molecule has 0 bridgehead atoms. The maximum Gasteiger partial charge on any atom is 0.244 e. The predicted octanol–water partition coefficient (Wildman–Crippen LogP) is 5.75. The number of pyridine rings is 1. The maximum atomic E-state index is 12.2. The molecule has 1 aromatic carbocycles. The fourth-order valence-electron chi connectivity index (χ4n) is 3.27. The summed E-state index contributed by atoms with van der Waals surface area (Å²) in [4.78, 5) is 16.4. The molecule has 0 aliphatic carbocycles. The Morgan fingerprint density at radius 2 is 2.00 bits per heavy atom. The van der Waals surface area contributed by atoms with Crippen molar-refractivity contribution in [1.29, 1.82) is 0 Å². The van der Waals surface area contributed by atoms with Crippen molar-refractivity contribution < 1.29 is 9.53 Å². The standard InChI is InChI=1S/C26H34N2O2/c1-4-5-12-23(24-15-17-25(30-3)18-16-24)13-7-14-26(29)28-21(2)9-6-10-22-11-8-19-27-20-22/h7-8,11,13-21H,4-6,9-10,12H2,1-3H3,(H,28,29)/b14-7+,23-13+/t21-/m1/s1. The van der Waals surface area contributed by atoms with Crippen LogP contribution in [0.4, 0.5) is 0 Å². The van der Waals surface area contributed by atoms with E-state index in [1.807, 2.05) is 36.5 Å². The van der Waals surface area contributed by atoms with Crippen LogP contribution in [0, 0.1) is 0 Å². The summed E-state index contributed by atoms with van der Waals surface area (Å²) in [5, 5.41) is 3.05. The first kappa shape index (κ1) is 23.4. The van der Waals surface area contributed by atoms with Gasteiger partial charge in [-0.25, -0.2) is 0 Å². The second kappa shape index (κ2) is 13.4. The highest BCUT2D eigenvalue weighted by molar-refractivity contribution is 5.88. The van der Waals surface area contributed by atoms with Crippen LogP contribution in [0.1, 0.15) is 57.1 Å². The fraction of sp³-hybridized carbons (Fsp3) is 0.385. The van der Waals surface area contributed by atoms with Crippen LogP contribution in [-0.4, -0.2) is 24.0 Å².